The fourth-order valence-corrected chi connectivity index (χ4v) is 3.60. The van der Waals surface area contributed by atoms with Gasteiger partial charge in [-0.1, -0.05) is 12.1 Å². The second-order valence-electron chi connectivity index (χ2n) is 6.03. The molecule has 0 aromatic heterocycles. The van der Waals surface area contributed by atoms with Crippen LogP contribution in [0, 0.1) is 16.0 Å². The van der Waals surface area contributed by atoms with Crippen LogP contribution >= 0.6 is 0 Å². The van der Waals surface area contributed by atoms with Crippen LogP contribution in [0.4, 0.5) is 5.69 Å². The zero-order chi connectivity index (χ0) is 15.4. The number of nitro benzene ring substituents is 1. The van der Waals surface area contributed by atoms with Crippen LogP contribution in [0.1, 0.15) is 24.4 Å². The SMILES string of the molecule is O=[N+]([O-])c1cccc([C@@H](C2CCOCC2)N2CCNCC2)c1. The summed E-state index contributed by atoms with van der Waals surface area (Å²) >= 11 is 0. The average molecular weight is 305 g/mol. The Labute approximate surface area is 130 Å². The molecule has 0 spiro atoms. The van der Waals surface area contributed by atoms with Gasteiger partial charge in [-0.05, 0) is 24.3 Å². The molecule has 0 bridgehead atoms. The molecule has 0 saturated carbocycles. The Morgan fingerprint density at radius 2 is 2.00 bits per heavy atom. The normalized spacial score (nSPS) is 22.4. The maximum atomic E-state index is 11.1. The smallest absolute Gasteiger partial charge is 0.269 e. The molecule has 1 atom stereocenters. The first-order valence-electron chi connectivity index (χ1n) is 8.02. The molecule has 2 heterocycles. The van der Waals surface area contributed by atoms with Crippen LogP contribution < -0.4 is 5.32 Å². The number of hydrogen-bond acceptors (Lipinski definition) is 5. The highest BCUT2D eigenvalue weighted by atomic mass is 16.6. The van der Waals surface area contributed by atoms with Gasteiger partial charge < -0.3 is 10.1 Å². The molecule has 1 N–H and O–H groups in total. The molecule has 2 aliphatic rings. The minimum absolute atomic E-state index is 0.185. The van der Waals surface area contributed by atoms with Gasteiger partial charge in [0, 0.05) is 57.6 Å². The minimum atomic E-state index is -0.303. The quantitative estimate of drug-likeness (QED) is 0.680. The third-order valence-electron chi connectivity index (χ3n) is 4.68. The highest BCUT2D eigenvalue weighted by Crippen LogP contribution is 2.36. The first kappa shape index (κ1) is 15.4. The molecule has 2 fully saturated rings. The van der Waals surface area contributed by atoms with Crippen molar-refractivity contribution in [2.45, 2.75) is 18.9 Å². The van der Waals surface area contributed by atoms with Crippen LogP contribution in [-0.4, -0.2) is 49.2 Å². The Morgan fingerprint density at radius 1 is 1.27 bits per heavy atom. The third-order valence-corrected chi connectivity index (χ3v) is 4.68. The Kier molecular flexibility index (Phi) is 5.02. The number of non-ortho nitro benzene ring substituents is 1. The summed E-state index contributed by atoms with van der Waals surface area (Å²) in [6.07, 6.45) is 2.05. The van der Waals surface area contributed by atoms with Gasteiger partial charge in [0.2, 0.25) is 0 Å². The maximum absolute atomic E-state index is 11.1. The van der Waals surface area contributed by atoms with Crippen molar-refractivity contribution in [2.75, 3.05) is 39.4 Å². The van der Waals surface area contributed by atoms with Crippen molar-refractivity contribution in [1.29, 1.82) is 0 Å². The van der Waals surface area contributed by atoms with Gasteiger partial charge in [-0.3, -0.25) is 15.0 Å². The Morgan fingerprint density at radius 3 is 2.68 bits per heavy atom. The number of piperazine rings is 1. The molecule has 1 aromatic rings. The number of rotatable bonds is 4. The molecule has 22 heavy (non-hydrogen) atoms. The van der Waals surface area contributed by atoms with Crippen molar-refractivity contribution >= 4 is 5.69 Å². The minimum Gasteiger partial charge on any atom is -0.381 e. The highest BCUT2D eigenvalue weighted by molar-refractivity contribution is 5.36. The summed E-state index contributed by atoms with van der Waals surface area (Å²) in [7, 11) is 0. The van der Waals surface area contributed by atoms with Crippen LogP contribution in [0.15, 0.2) is 24.3 Å². The van der Waals surface area contributed by atoms with Crippen molar-refractivity contribution in [1.82, 2.24) is 10.2 Å². The molecular weight excluding hydrogens is 282 g/mol. The summed E-state index contributed by atoms with van der Waals surface area (Å²) in [5.41, 5.74) is 1.26. The molecule has 6 nitrogen and oxygen atoms in total. The van der Waals surface area contributed by atoms with E-state index < -0.39 is 0 Å². The van der Waals surface area contributed by atoms with Crippen LogP contribution in [0.2, 0.25) is 0 Å². The van der Waals surface area contributed by atoms with E-state index in [9.17, 15) is 10.1 Å². The lowest BCUT2D eigenvalue weighted by molar-refractivity contribution is -0.385. The van der Waals surface area contributed by atoms with Gasteiger partial charge >= 0.3 is 0 Å². The van der Waals surface area contributed by atoms with Gasteiger partial charge in [0.15, 0.2) is 0 Å². The first-order chi connectivity index (χ1) is 10.8. The number of nitrogens with zero attached hydrogens (tertiary/aromatic N) is 2. The number of hydrogen-bond donors (Lipinski definition) is 1. The zero-order valence-corrected chi connectivity index (χ0v) is 12.7. The van der Waals surface area contributed by atoms with Crippen molar-refractivity contribution in [3.8, 4) is 0 Å². The summed E-state index contributed by atoms with van der Waals surface area (Å²) in [6.45, 7) is 5.53. The molecule has 0 radical (unpaired) electrons. The summed E-state index contributed by atoms with van der Waals surface area (Å²) < 4.78 is 5.50. The van der Waals surface area contributed by atoms with Gasteiger partial charge in [-0.15, -0.1) is 0 Å². The molecule has 0 amide bonds. The summed E-state index contributed by atoms with van der Waals surface area (Å²) in [5, 5.41) is 14.5. The van der Waals surface area contributed by atoms with Crippen molar-refractivity contribution < 1.29 is 9.66 Å². The van der Waals surface area contributed by atoms with E-state index in [4.69, 9.17) is 4.74 Å². The molecule has 120 valence electrons. The Bertz CT molecular complexity index is 493. The lowest BCUT2D eigenvalue weighted by Gasteiger charge is -2.41. The largest absolute Gasteiger partial charge is 0.381 e. The lowest BCUT2D eigenvalue weighted by Crippen LogP contribution is -2.47. The number of benzene rings is 1. The number of nitrogens with one attached hydrogen (secondary N) is 1. The van der Waals surface area contributed by atoms with Gasteiger partial charge in [0.1, 0.15) is 0 Å². The standard InChI is InChI=1S/C16H23N3O3/c20-19(21)15-3-1-2-14(12-15)16(13-4-10-22-11-5-13)18-8-6-17-7-9-18/h1-3,12-13,16-17H,4-11H2/t16-/m1/s1. The van der Waals surface area contributed by atoms with E-state index >= 15 is 0 Å². The second-order valence-corrected chi connectivity index (χ2v) is 6.03. The summed E-state index contributed by atoms with van der Waals surface area (Å²) in [6, 6.07) is 7.42. The molecule has 1 aromatic carbocycles. The molecule has 6 heteroatoms. The Hall–Kier alpha value is -1.50. The van der Waals surface area contributed by atoms with Gasteiger partial charge in [0.05, 0.1) is 4.92 Å². The molecular formula is C16H23N3O3. The monoisotopic (exact) mass is 305 g/mol. The van der Waals surface area contributed by atoms with E-state index in [1.807, 2.05) is 12.1 Å². The predicted octanol–water partition coefficient (Wildman–Crippen LogP) is 1.97. The Balaban J connectivity index is 1.89. The van der Waals surface area contributed by atoms with Gasteiger partial charge in [0.25, 0.3) is 5.69 Å². The van der Waals surface area contributed by atoms with Crippen LogP contribution in [-0.2, 0) is 4.74 Å². The fraction of sp³-hybridized carbons (Fsp3) is 0.625. The molecule has 3 rings (SSSR count). The van der Waals surface area contributed by atoms with E-state index in [2.05, 4.69) is 10.2 Å². The second kappa shape index (κ2) is 7.17. The van der Waals surface area contributed by atoms with Gasteiger partial charge in [-0.2, -0.15) is 0 Å². The van der Waals surface area contributed by atoms with Crippen molar-refractivity contribution in [2.24, 2.45) is 5.92 Å². The van der Waals surface area contributed by atoms with Crippen molar-refractivity contribution in [3.05, 3.63) is 39.9 Å². The van der Waals surface area contributed by atoms with Gasteiger partial charge in [-0.25, -0.2) is 0 Å². The van der Waals surface area contributed by atoms with Crippen molar-refractivity contribution in [3.63, 3.8) is 0 Å². The van der Waals surface area contributed by atoms with E-state index in [1.54, 1.807) is 12.1 Å². The van der Waals surface area contributed by atoms with E-state index in [0.29, 0.717) is 5.92 Å². The maximum Gasteiger partial charge on any atom is 0.269 e. The number of nitro groups is 1. The average Bonchev–Trinajstić information content (AvgIpc) is 2.57. The predicted molar refractivity (Wildman–Crippen MR) is 83.8 cm³/mol. The van der Waals surface area contributed by atoms with E-state index in [1.165, 1.54) is 0 Å². The fourth-order valence-electron chi connectivity index (χ4n) is 3.60. The highest BCUT2D eigenvalue weighted by Gasteiger charge is 2.31. The van der Waals surface area contributed by atoms with Crippen LogP contribution in [0.25, 0.3) is 0 Å². The molecule has 2 saturated heterocycles. The first-order valence-corrected chi connectivity index (χ1v) is 8.02. The summed E-state index contributed by atoms with van der Waals surface area (Å²) in [4.78, 5) is 13.3. The van der Waals surface area contributed by atoms with E-state index in [-0.39, 0.29) is 16.7 Å². The lowest BCUT2D eigenvalue weighted by atomic mass is 9.85. The molecule has 0 unspecified atom stereocenters. The third kappa shape index (κ3) is 3.45. The topological polar surface area (TPSA) is 67.6 Å². The number of ether oxygens (including phenoxy) is 1. The summed E-state index contributed by atoms with van der Waals surface area (Å²) in [5.74, 6) is 0.508. The molecule has 2 aliphatic heterocycles. The van der Waals surface area contributed by atoms with E-state index in [0.717, 1.165) is 57.8 Å². The zero-order valence-electron chi connectivity index (χ0n) is 12.7. The molecule has 0 aliphatic carbocycles. The van der Waals surface area contributed by atoms with Crippen LogP contribution in [0.5, 0.6) is 0 Å². The van der Waals surface area contributed by atoms with Crippen LogP contribution in [0.3, 0.4) is 0 Å².